The summed E-state index contributed by atoms with van der Waals surface area (Å²) in [6, 6.07) is 5.54. The molecule has 0 saturated heterocycles. The highest BCUT2D eigenvalue weighted by molar-refractivity contribution is 6.29. The van der Waals surface area contributed by atoms with Crippen LogP contribution < -0.4 is 0 Å². The van der Waals surface area contributed by atoms with E-state index in [2.05, 4.69) is 4.98 Å². The van der Waals surface area contributed by atoms with Gasteiger partial charge in [0, 0.05) is 0 Å². The van der Waals surface area contributed by atoms with E-state index >= 15 is 0 Å². The lowest BCUT2D eigenvalue weighted by Crippen LogP contribution is -2.02. The van der Waals surface area contributed by atoms with Gasteiger partial charge in [-0.05, 0) is 19.1 Å². The molecule has 14 heavy (non-hydrogen) atoms. The third-order valence-electron chi connectivity index (χ3n) is 1.98. The second kappa shape index (κ2) is 3.42. The summed E-state index contributed by atoms with van der Waals surface area (Å²) in [5.74, 6) is 0.774. The zero-order valence-electron chi connectivity index (χ0n) is 7.70. The maximum atomic E-state index is 11.0. The highest BCUT2D eigenvalue weighted by Crippen LogP contribution is 2.15. The van der Waals surface area contributed by atoms with Crippen LogP contribution in [-0.4, -0.2) is 15.2 Å². The molecule has 0 aliphatic carbocycles. The third-order valence-corrected chi connectivity index (χ3v) is 2.28. The van der Waals surface area contributed by atoms with Crippen molar-refractivity contribution in [3.63, 3.8) is 0 Å². The Morgan fingerprint density at radius 1 is 1.57 bits per heavy atom. The molecule has 0 saturated carbocycles. The molecule has 0 aromatic carbocycles. The Labute approximate surface area is 86.3 Å². The van der Waals surface area contributed by atoms with E-state index in [1.165, 1.54) is 6.92 Å². The Bertz CT molecular complexity index is 490. The summed E-state index contributed by atoms with van der Waals surface area (Å²) in [5, 5.41) is 0.580. The summed E-state index contributed by atoms with van der Waals surface area (Å²) in [4.78, 5) is 15.1. The Morgan fingerprint density at radius 2 is 2.36 bits per heavy atom. The van der Waals surface area contributed by atoms with Crippen molar-refractivity contribution in [2.75, 3.05) is 0 Å². The van der Waals surface area contributed by atoms with E-state index in [9.17, 15) is 4.79 Å². The minimum Gasteiger partial charge on any atom is -0.300 e. The van der Waals surface area contributed by atoms with Gasteiger partial charge in [-0.2, -0.15) is 0 Å². The number of carbonyl (C=O) groups is 1. The van der Waals surface area contributed by atoms with Gasteiger partial charge in [-0.3, -0.25) is 9.20 Å². The molecule has 0 atom stereocenters. The topological polar surface area (TPSA) is 34.4 Å². The number of imidazole rings is 1. The Balaban J connectivity index is 2.61. The molecule has 2 aromatic heterocycles. The SMILES string of the molecule is CC(=O)Cc1ncc2cccc(Cl)n12. The number of nitrogens with zero attached hydrogens (tertiary/aromatic N) is 2. The fourth-order valence-electron chi connectivity index (χ4n) is 1.42. The quantitative estimate of drug-likeness (QED) is 0.709. The number of hydrogen-bond acceptors (Lipinski definition) is 2. The minimum atomic E-state index is 0.0809. The number of hydrogen-bond donors (Lipinski definition) is 0. The van der Waals surface area contributed by atoms with E-state index in [1.807, 2.05) is 12.1 Å². The number of halogens is 1. The van der Waals surface area contributed by atoms with E-state index in [-0.39, 0.29) is 5.78 Å². The Morgan fingerprint density at radius 3 is 3.07 bits per heavy atom. The Hall–Kier alpha value is -1.35. The predicted molar refractivity (Wildman–Crippen MR) is 54.6 cm³/mol. The van der Waals surface area contributed by atoms with Crippen LogP contribution in [0, 0.1) is 0 Å². The predicted octanol–water partition coefficient (Wildman–Crippen LogP) is 2.12. The number of Topliss-reactive ketones (excluding diaryl/α,β-unsaturated/α-hetero) is 1. The molecular weight excluding hydrogens is 200 g/mol. The standard InChI is InChI=1S/C10H9ClN2O/c1-7(14)5-10-12-6-8-3-2-4-9(11)13(8)10/h2-4,6H,5H2,1H3. The first-order chi connectivity index (χ1) is 6.68. The summed E-state index contributed by atoms with van der Waals surface area (Å²) in [7, 11) is 0. The van der Waals surface area contributed by atoms with Crippen molar-refractivity contribution in [3.05, 3.63) is 35.4 Å². The average molecular weight is 209 g/mol. The molecule has 0 N–H and O–H groups in total. The second-order valence-corrected chi connectivity index (χ2v) is 3.55. The van der Waals surface area contributed by atoms with Gasteiger partial charge in [0.25, 0.3) is 0 Å². The van der Waals surface area contributed by atoms with Crippen LogP contribution in [0.25, 0.3) is 5.52 Å². The second-order valence-electron chi connectivity index (χ2n) is 3.16. The van der Waals surface area contributed by atoms with Crippen LogP contribution in [-0.2, 0) is 11.2 Å². The van der Waals surface area contributed by atoms with Gasteiger partial charge >= 0.3 is 0 Å². The average Bonchev–Trinajstić information content (AvgIpc) is 2.49. The highest BCUT2D eigenvalue weighted by Gasteiger charge is 2.07. The molecule has 0 fully saturated rings. The lowest BCUT2D eigenvalue weighted by molar-refractivity contribution is -0.116. The maximum Gasteiger partial charge on any atom is 0.137 e. The van der Waals surface area contributed by atoms with Crippen LogP contribution in [0.1, 0.15) is 12.7 Å². The first-order valence-electron chi connectivity index (χ1n) is 4.29. The van der Waals surface area contributed by atoms with Gasteiger partial charge in [0.2, 0.25) is 0 Å². The molecule has 0 unspecified atom stereocenters. The van der Waals surface area contributed by atoms with E-state index in [4.69, 9.17) is 11.6 Å². The molecule has 0 spiro atoms. The molecule has 2 rings (SSSR count). The van der Waals surface area contributed by atoms with Crippen molar-refractivity contribution in [2.24, 2.45) is 0 Å². The number of fused-ring (bicyclic) bond motifs is 1. The van der Waals surface area contributed by atoms with Crippen LogP contribution in [0.5, 0.6) is 0 Å². The number of carbonyl (C=O) groups excluding carboxylic acids is 1. The number of ketones is 1. The molecule has 0 radical (unpaired) electrons. The molecule has 0 bridgehead atoms. The molecule has 2 aromatic rings. The normalized spacial score (nSPS) is 10.7. The monoisotopic (exact) mass is 208 g/mol. The summed E-state index contributed by atoms with van der Waals surface area (Å²) in [6.07, 6.45) is 2.03. The van der Waals surface area contributed by atoms with Crippen LogP contribution in [0.4, 0.5) is 0 Å². The first kappa shape index (κ1) is 9.21. The molecule has 0 amide bonds. The van der Waals surface area contributed by atoms with Gasteiger partial charge in [0.05, 0.1) is 18.1 Å². The third kappa shape index (κ3) is 1.51. The van der Waals surface area contributed by atoms with Gasteiger partial charge in [-0.15, -0.1) is 0 Å². The summed E-state index contributed by atoms with van der Waals surface area (Å²) in [5.41, 5.74) is 0.911. The van der Waals surface area contributed by atoms with Gasteiger partial charge in [0.1, 0.15) is 16.8 Å². The summed E-state index contributed by atoms with van der Waals surface area (Å²) >= 11 is 6.00. The summed E-state index contributed by atoms with van der Waals surface area (Å²) < 4.78 is 1.78. The van der Waals surface area contributed by atoms with Crippen LogP contribution >= 0.6 is 11.6 Å². The molecule has 0 aliphatic heterocycles. The van der Waals surface area contributed by atoms with Gasteiger partial charge in [0.15, 0.2) is 0 Å². The van der Waals surface area contributed by atoms with Gasteiger partial charge in [-0.1, -0.05) is 17.7 Å². The lowest BCUT2D eigenvalue weighted by Gasteiger charge is -2.00. The van der Waals surface area contributed by atoms with Gasteiger partial charge in [-0.25, -0.2) is 4.98 Å². The lowest BCUT2D eigenvalue weighted by atomic mass is 10.3. The minimum absolute atomic E-state index is 0.0809. The number of aromatic nitrogens is 2. The molecule has 72 valence electrons. The molecule has 0 aliphatic rings. The fraction of sp³-hybridized carbons (Fsp3) is 0.200. The molecule has 4 heteroatoms. The van der Waals surface area contributed by atoms with Crippen molar-refractivity contribution < 1.29 is 4.79 Å². The molecule has 3 nitrogen and oxygen atoms in total. The van der Waals surface area contributed by atoms with Crippen molar-refractivity contribution >= 4 is 22.9 Å². The van der Waals surface area contributed by atoms with Crippen LogP contribution in [0.15, 0.2) is 24.4 Å². The van der Waals surface area contributed by atoms with E-state index in [0.29, 0.717) is 17.4 Å². The van der Waals surface area contributed by atoms with E-state index < -0.39 is 0 Å². The van der Waals surface area contributed by atoms with Crippen molar-refractivity contribution in [1.29, 1.82) is 0 Å². The maximum absolute atomic E-state index is 11.0. The van der Waals surface area contributed by atoms with Crippen molar-refractivity contribution in [1.82, 2.24) is 9.38 Å². The zero-order valence-corrected chi connectivity index (χ0v) is 8.45. The Kier molecular flexibility index (Phi) is 2.25. The number of rotatable bonds is 2. The number of pyridine rings is 1. The summed E-state index contributed by atoms with van der Waals surface area (Å²) in [6.45, 7) is 1.54. The molecular formula is C10H9ClN2O. The zero-order chi connectivity index (χ0) is 10.1. The first-order valence-corrected chi connectivity index (χ1v) is 4.66. The van der Waals surface area contributed by atoms with E-state index in [1.54, 1.807) is 16.7 Å². The van der Waals surface area contributed by atoms with Crippen molar-refractivity contribution in [3.8, 4) is 0 Å². The fourth-order valence-corrected chi connectivity index (χ4v) is 1.69. The van der Waals surface area contributed by atoms with Crippen LogP contribution in [0.2, 0.25) is 5.15 Å². The van der Waals surface area contributed by atoms with Crippen molar-refractivity contribution in [2.45, 2.75) is 13.3 Å². The molecule has 2 heterocycles. The van der Waals surface area contributed by atoms with E-state index in [0.717, 1.165) is 5.52 Å². The highest BCUT2D eigenvalue weighted by atomic mass is 35.5. The van der Waals surface area contributed by atoms with Gasteiger partial charge < -0.3 is 0 Å². The van der Waals surface area contributed by atoms with Crippen LogP contribution in [0.3, 0.4) is 0 Å². The smallest absolute Gasteiger partial charge is 0.137 e. The largest absolute Gasteiger partial charge is 0.300 e.